The van der Waals surface area contributed by atoms with E-state index in [4.69, 9.17) is 4.74 Å². The molecule has 6 nitrogen and oxygen atoms in total. The van der Waals surface area contributed by atoms with Crippen molar-refractivity contribution >= 4 is 11.9 Å². The molecule has 24 heavy (non-hydrogen) atoms. The number of anilines is 1. The van der Waals surface area contributed by atoms with Crippen LogP contribution in [0, 0.1) is 11.2 Å². The van der Waals surface area contributed by atoms with Crippen molar-refractivity contribution in [1.29, 1.82) is 0 Å². The number of hydrogen-bond acceptors (Lipinski definition) is 5. The quantitative estimate of drug-likeness (QED) is 0.828. The minimum absolute atomic E-state index is 0.0178. The minimum Gasteiger partial charge on any atom is -0.375 e. The van der Waals surface area contributed by atoms with Gasteiger partial charge in [-0.1, -0.05) is 0 Å². The molecule has 1 amide bonds. The van der Waals surface area contributed by atoms with Crippen molar-refractivity contribution in [1.82, 2.24) is 14.9 Å². The summed E-state index contributed by atoms with van der Waals surface area (Å²) in [6.07, 6.45) is 1.87. The van der Waals surface area contributed by atoms with Crippen LogP contribution in [0.4, 0.5) is 19.1 Å². The van der Waals surface area contributed by atoms with E-state index in [2.05, 4.69) is 9.97 Å². The van der Waals surface area contributed by atoms with E-state index in [0.717, 1.165) is 12.4 Å². The van der Waals surface area contributed by atoms with Crippen molar-refractivity contribution in [2.24, 2.45) is 5.41 Å². The molecule has 1 unspecified atom stereocenters. The number of carbonyl (C=O) groups is 1. The molecule has 1 aromatic heterocycles. The first-order chi connectivity index (χ1) is 11.4. The number of methoxy groups -OCH3 is 1. The van der Waals surface area contributed by atoms with E-state index in [-0.39, 0.29) is 50.9 Å². The van der Waals surface area contributed by atoms with Crippen molar-refractivity contribution in [2.45, 2.75) is 18.8 Å². The maximum Gasteiger partial charge on any atom is 0.258 e. The Balaban J connectivity index is 1.79. The fraction of sp³-hybridized carbons (Fsp3) is 0.667. The third-order valence-corrected chi connectivity index (χ3v) is 4.83. The lowest BCUT2D eigenvalue weighted by atomic mass is 9.75. The number of carbonyl (C=O) groups excluding carboxylic acids is 1. The molecular weight excluding hydrogens is 325 g/mol. The van der Waals surface area contributed by atoms with Gasteiger partial charge >= 0.3 is 0 Å². The molecular formula is C15H19F3N4O2. The van der Waals surface area contributed by atoms with Gasteiger partial charge in [-0.25, -0.2) is 23.1 Å². The smallest absolute Gasteiger partial charge is 0.258 e. The first-order valence-corrected chi connectivity index (χ1v) is 7.74. The maximum atomic E-state index is 14.6. The first kappa shape index (κ1) is 16.9. The lowest BCUT2D eigenvalue weighted by molar-refractivity contribution is -0.170. The van der Waals surface area contributed by atoms with Crippen LogP contribution in [0.2, 0.25) is 0 Å². The number of alkyl halides is 2. The van der Waals surface area contributed by atoms with Gasteiger partial charge in [0.15, 0.2) is 5.82 Å². The zero-order valence-corrected chi connectivity index (χ0v) is 13.3. The molecule has 0 saturated carbocycles. The third kappa shape index (κ3) is 2.92. The summed E-state index contributed by atoms with van der Waals surface area (Å²) >= 11 is 0. The third-order valence-electron chi connectivity index (χ3n) is 4.83. The Morgan fingerprint density at radius 3 is 2.62 bits per heavy atom. The van der Waals surface area contributed by atoms with Gasteiger partial charge in [-0.15, -0.1) is 0 Å². The van der Waals surface area contributed by atoms with Crippen LogP contribution in [0.15, 0.2) is 12.4 Å². The van der Waals surface area contributed by atoms with Crippen molar-refractivity contribution in [2.75, 3.05) is 44.8 Å². The molecule has 2 fully saturated rings. The summed E-state index contributed by atoms with van der Waals surface area (Å²) in [6, 6.07) is 0. The van der Waals surface area contributed by atoms with E-state index < -0.39 is 17.2 Å². The molecule has 0 bridgehead atoms. The van der Waals surface area contributed by atoms with E-state index in [1.807, 2.05) is 0 Å². The van der Waals surface area contributed by atoms with Gasteiger partial charge < -0.3 is 14.5 Å². The van der Waals surface area contributed by atoms with Gasteiger partial charge in [0, 0.05) is 39.7 Å². The number of amides is 1. The molecule has 2 aliphatic heterocycles. The molecule has 1 atom stereocenters. The molecule has 3 heterocycles. The summed E-state index contributed by atoms with van der Waals surface area (Å²) in [6.45, 7) is 0.242. The van der Waals surface area contributed by atoms with E-state index in [1.165, 1.54) is 12.0 Å². The normalized spacial score (nSPS) is 26.2. The van der Waals surface area contributed by atoms with Crippen LogP contribution in [0.3, 0.4) is 0 Å². The lowest BCUT2D eigenvalue weighted by Gasteiger charge is -2.45. The molecule has 1 aromatic rings. The Morgan fingerprint density at radius 1 is 1.25 bits per heavy atom. The van der Waals surface area contributed by atoms with Gasteiger partial charge in [0.2, 0.25) is 11.9 Å². The second-order valence-electron chi connectivity index (χ2n) is 6.36. The summed E-state index contributed by atoms with van der Waals surface area (Å²) in [4.78, 5) is 22.8. The molecule has 0 radical (unpaired) electrons. The molecule has 2 saturated heterocycles. The van der Waals surface area contributed by atoms with Crippen LogP contribution in [0.25, 0.3) is 0 Å². The van der Waals surface area contributed by atoms with Crippen LogP contribution < -0.4 is 4.90 Å². The molecule has 1 spiro atoms. The average molecular weight is 344 g/mol. The van der Waals surface area contributed by atoms with Crippen LogP contribution in [-0.4, -0.2) is 66.6 Å². The molecule has 3 rings (SSSR count). The highest BCUT2D eigenvalue weighted by molar-refractivity contribution is 5.77. The maximum absolute atomic E-state index is 14.6. The van der Waals surface area contributed by atoms with Gasteiger partial charge in [-0.2, -0.15) is 0 Å². The highest BCUT2D eigenvalue weighted by atomic mass is 19.3. The lowest BCUT2D eigenvalue weighted by Crippen LogP contribution is -2.58. The Hall–Kier alpha value is -1.90. The van der Waals surface area contributed by atoms with Gasteiger partial charge in [-0.3, -0.25) is 4.79 Å². The minimum atomic E-state index is -2.88. The number of hydrogen-bond donors (Lipinski definition) is 0. The summed E-state index contributed by atoms with van der Waals surface area (Å²) in [5.41, 5.74) is -1.34. The van der Waals surface area contributed by atoms with Crippen LogP contribution >= 0.6 is 0 Å². The van der Waals surface area contributed by atoms with E-state index in [0.29, 0.717) is 6.54 Å². The number of halogens is 3. The molecule has 0 aromatic carbocycles. The largest absolute Gasteiger partial charge is 0.375 e. The highest BCUT2D eigenvalue weighted by Gasteiger charge is 2.60. The summed E-state index contributed by atoms with van der Waals surface area (Å²) in [7, 11) is 1.40. The number of nitrogens with zero attached hydrogens (tertiary/aromatic N) is 4. The Morgan fingerprint density at radius 2 is 1.96 bits per heavy atom. The fourth-order valence-electron chi connectivity index (χ4n) is 3.47. The number of piperidine rings is 1. The number of rotatable bonds is 3. The van der Waals surface area contributed by atoms with Crippen molar-refractivity contribution in [3.8, 4) is 0 Å². The van der Waals surface area contributed by atoms with E-state index in [9.17, 15) is 18.0 Å². The highest BCUT2D eigenvalue weighted by Crippen LogP contribution is 2.49. The zero-order valence-electron chi connectivity index (χ0n) is 13.3. The summed E-state index contributed by atoms with van der Waals surface area (Å²) in [5, 5.41) is 0. The number of aromatic nitrogens is 2. The number of likely N-dealkylation sites (tertiary alicyclic amines) is 1. The topological polar surface area (TPSA) is 58.6 Å². The van der Waals surface area contributed by atoms with Gasteiger partial charge in [0.05, 0.1) is 17.8 Å². The Kier molecular flexibility index (Phi) is 4.37. The van der Waals surface area contributed by atoms with Gasteiger partial charge in [-0.05, 0) is 6.42 Å². The predicted octanol–water partition coefficient (Wildman–Crippen LogP) is 1.33. The molecule has 0 N–H and O–H groups in total. The second kappa shape index (κ2) is 6.19. The van der Waals surface area contributed by atoms with Crippen molar-refractivity contribution in [3.05, 3.63) is 18.2 Å². The molecule has 2 aliphatic rings. The average Bonchev–Trinajstić information content (AvgIpc) is 2.97. The Labute approximate surface area is 137 Å². The SMILES string of the molecule is COCC(=O)N1CCC(F)(F)C2(CCN(c3ncc(F)cn3)C2)C1. The van der Waals surface area contributed by atoms with Crippen LogP contribution in [-0.2, 0) is 9.53 Å². The standard InChI is InChI=1S/C15H19F3N4O2/c1-24-8-12(23)21-5-3-15(17,18)14(9-21)2-4-22(10-14)13-19-6-11(16)7-20-13/h6-7H,2-5,8-10H2,1H3. The molecule has 0 aliphatic carbocycles. The van der Waals surface area contributed by atoms with Gasteiger partial charge in [0.1, 0.15) is 6.61 Å². The zero-order chi connectivity index (χ0) is 17.4. The van der Waals surface area contributed by atoms with E-state index in [1.54, 1.807) is 4.90 Å². The van der Waals surface area contributed by atoms with E-state index >= 15 is 0 Å². The van der Waals surface area contributed by atoms with Gasteiger partial charge in [0.25, 0.3) is 5.92 Å². The first-order valence-electron chi connectivity index (χ1n) is 7.74. The molecule has 132 valence electrons. The van der Waals surface area contributed by atoms with Crippen molar-refractivity contribution < 1.29 is 22.7 Å². The second-order valence-corrected chi connectivity index (χ2v) is 6.36. The summed E-state index contributed by atoms with van der Waals surface area (Å²) < 4.78 is 47.0. The monoisotopic (exact) mass is 344 g/mol. The van der Waals surface area contributed by atoms with Crippen LogP contribution in [0.1, 0.15) is 12.8 Å². The van der Waals surface area contributed by atoms with Crippen molar-refractivity contribution in [3.63, 3.8) is 0 Å². The fourth-order valence-corrected chi connectivity index (χ4v) is 3.47. The Bertz CT molecular complexity index is 613. The predicted molar refractivity (Wildman–Crippen MR) is 79.3 cm³/mol. The number of ether oxygens (including phenoxy) is 1. The van der Waals surface area contributed by atoms with Crippen LogP contribution in [0.5, 0.6) is 0 Å². The molecule has 9 heteroatoms. The summed E-state index contributed by atoms with van der Waals surface area (Å²) in [5.74, 6) is -3.52.